The quantitative estimate of drug-likeness (QED) is 0.615. The van der Waals surface area contributed by atoms with Crippen molar-refractivity contribution in [3.63, 3.8) is 0 Å². The Hall–Kier alpha value is -3.07. The first-order chi connectivity index (χ1) is 14.6. The minimum atomic E-state index is 0.586. The summed E-state index contributed by atoms with van der Waals surface area (Å²) < 4.78 is 0. The van der Waals surface area contributed by atoms with Crippen LogP contribution in [0.4, 0.5) is 11.4 Å². The maximum Gasteiger partial charge on any atom is 0.208 e. The Morgan fingerprint density at radius 1 is 1.13 bits per heavy atom. The fourth-order valence-corrected chi connectivity index (χ4v) is 4.02. The highest BCUT2D eigenvalue weighted by atomic mass is 15.5. The largest absolute Gasteiger partial charge is 0.387 e. The molecule has 158 valence electrons. The van der Waals surface area contributed by atoms with Crippen LogP contribution in [0.1, 0.15) is 25.1 Å². The van der Waals surface area contributed by atoms with Crippen molar-refractivity contribution in [3.05, 3.63) is 41.7 Å². The lowest BCUT2D eigenvalue weighted by Gasteiger charge is -2.37. The molecule has 0 saturated carbocycles. The van der Waals surface area contributed by atoms with E-state index in [9.17, 15) is 0 Å². The van der Waals surface area contributed by atoms with Gasteiger partial charge in [-0.15, -0.1) is 10.2 Å². The van der Waals surface area contributed by atoms with Gasteiger partial charge in [0.2, 0.25) is 5.82 Å². The molecule has 4 rings (SSSR count). The van der Waals surface area contributed by atoms with Crippen molar-refractivity contribution >= 4 is 11.4 Å². The topological polar surface area (TPSA) is 98.7 Å². The maximum absolute atomic E-state index is 4.27. The van der Waals surface area contributed by atoms with E-state index in [2.05, 4.69) is 71.9 Å². The zero-order valence-electron chi connectivity index (χ0n) is 17.8. The van der Waals surface area contributed by atoms with Gasteiger partial charge in [0.25, 0.3) is 0 Å². The minimum absolute atomic E-state index is 0.586. The van der Waals surface area contributed by atoms with E-state index in [0.29, 0.717) is 11.7 Å². The number of nitrogens with zero attached hydrogens (tertiary/aromatic N) is 7. The molecule has 9 nitrogen and oxygen atoms in total. The first-order valence-corrected chi connectivity index (χ1v) is 10.5. The SMILES string of the molecule is CNc1cc(CC(C)C)cc(N2CCN(Cc3cccnn3)CC2)c1-c1nn[nH]n1. The molecule has 0 unspecified atom stereocenters. The highest BCUT2D eigenvalue weighted by Gasteiger charge is 2.24. The van der Waals surface area contributed by atoms with E-state index in [4.69, 9.17) is 0 Å². The average molecular weight is 408 g/mol. The molecule has 1 aromatic carbocycles. The van der Waals surface area contributed by atoms with Gasteiger partial charge in [0.1, 0.15) is 0 Å². The van der Waals surface area contributed by atoms with Gasteiger partial charge in [-0.2, -0.15) is 15.4 Å². The van der Waals surface area contributed by atoms with E-state index in [1.54, 1.807) is 6.20 Å². The summed E-state index contributed by atoms with van der Waals surface area (Å²) in [7, 11) is 1.95. The van der Waals surface area contributed by atoms with Crippen LogP contribution < -0.4 is 10.2 Å². The maximum atomic E-state index is 4.27. The lowest BCUT2D eigenvalue weighted by molar-refractivity contribution is 0.246. The van der Waals surface area contributed by atoms with E-state index >= 15 is 0 Å². The Kier molecular flexibility index (Phi) is 6.18. The van der Waals surface area contributed by atoms with Gasteiger partial charge in [-0.05, 0) is 47.4 Å². The lowest BCUT2D eigenvalue weighted by Crippen LogP contribution is -2.46. The molecule has 1 fully saturated rings. The molecule has 3 heterocycles. The van der Waals surface area contributed by atoms with Gasteiger partial charge in [0, 0.05) is 51.7 Å². The normalized spacial score (nSPS) is 15.0. The Balaban J connectivity index is 1.59. The molecule has 0 atom stereocenters. The van der Waals surface area contributed by atoms with Crippen LogP contribution in [0, 0.1) is 5.92 Å². The predicted octanol–water partition coefficient (Wildman–Crippen LogP) is 2.22. The third-order valence-corrected chi connectivity index (χ3v) is 5.39. The summed E-state index contributed by atoms with van der Waals surface area (Å²) in [5.74, 6) is 1.20. The zero-order chi connectivity index (χ0) is 20.9. The van der Waals surface area contributed by atoms with Crippen molar-refractivity contribution in [1.29, 1.82) is 0 Å². The Labute approximate surface area is 176 Å². The van der Waals surface area contributed by atoms with Gasteiger partial charge in [0.05, 0.1) is 16.9 Å². The average Bonchev–Trinajstić information content (AvgIpc) is 3.28. The molecule has 9 heteroatoms. The van der Waals surface area contributed by atoms with Crippen LogP contribution in [0.3, 0.4) is 0 Å². The van der Waals surface area contributed by atoms with Gasteiger partial charge in [-0.25, -0.2) is 0 Å². The summed E-state index contributed by atoms with van der Waals surface area (Å²) in [4.78, 5) is 4.86. The molecule has 2 N–H and O–H groups in total. The van der Waals surface area contributed by atoms with Crippen LogP contribution in [-0.4, -0.2) is 68.9 Å². The summed E-state index contributed by atoms with van der Waals surface area (Å²) in [6.07, 6.45) is 2.74. The summed E-state index contributed by atoms with van der Waals surface area (Å²) in [5.41, 5.74) is 5.53. The predicted molar refractivity (Wildman–Crippen MR) is 117 cm³/mol. The number of rotatable bonds is 7. The van der Waals surface area contributed by atoms with Crippen molar-refractivity contribution in [3.8, 4) is 11.4 Å². The molecule has 3 aromatic rings. The number of benzene rings is 1. The molecule has 0 amide bonds. The number of hydrogen-bond acceptors (Lipinski definition) is 8. The van der Waals surface area contributed by atoms with E-state index in [0.717, 1.165) is 61.8 Å². The summed E-state index contributed by atoms with van der Waals surface area (Å²) in [6, 6.07) is 8.47. The number of nitrogens with one attached hydrogen (secondary N) is 2. The number of piperazine rings is 1. The number of tetrazole rings is 1. The molecular formula is C21H29N9. The molecule has 0 bridgehead atoms. The Morgan fingerprint density at radius 2 is 1.97 bits per heavy atom. The lowest BCUT2D eigenvalue weighted by atomic mass is 9.97. The fraction of sp³-hybridized carbons (Fsp3) is 0.476. The summed E-state index contributed by atoms with van der Waals surface area (Å²) in [5, 5.41) is 26.5. The number of hydrogen-bond donors (Lipinski definition) is 2. The van der Waals surface area contributed by atoms with Crippen LogP contribution in [0.5, 0.6) is 0 Å². The molecule has 1 saturated heterocycles. The highest BCUT2D eigenvalue weighted by molar-refractivity contribution is 5.86. The second-order valence-electron chi connectivity index (χ2n) is 8.10. The first-order valence-electron chi connectivity index (χ1n) is 10.5. The third kappa shape index (κ3) is 4.56. The molecule has 0 radical (unpaired) electrons. The molecule has 30 heavy (non-hydrogen) atoms. The fourth-order valence-electron chi connectivity index (χ4n) is 4.02. The molecule has 0 aliphatic carbocycles. The van der Waals surface area contributed by atoms with E-state index in [1.165, 1.54) is 5.56 Å². The zero-order valence-corrected chi connectivity index (χ0v) is 17.8. The molecule has 1 aliphatic heterocycles. The van der Waals surface area contributed by atoms with Crippen LogP contribution in [0.15, 0.2) is 30.5 Å². The van der Waals surface area contributed by atoms with Crippen LogP contribution in [-0.2, 0) is 13.0 Å². The van der Waals surface area contributed by atoms with Gasteiger partial charge >= 0.3 is 0 Å². The Bertz CT molecular complexity index is 933. The standard InChI is InChI=1S/C21H29N9/c1-15(2)11-16-12-18(22-3)20(21-25-27-28-26-21)19(13-16)30-9-7-29(8-10-30)14-17-5-4-6-23-24-17/h4-6,12-13,15,22H,7-11,14H2,1-3H3,(H,25,26,27,28). The van der Waals surface area contributed by atoms with Crippen molar-refractivity contribution in [2.45, 2.75) is 26.8 Å². The summed E-state index contributed by atoms with van der Waals surface area (Å²) >= 11 is 0. The minimum Gasteiger partial charge on any atom is -0.387 e. The van der Waals surface area contributed by atoms with Crippen molar-refractivity contribution < 1.29 is 0 Å². The molecule has 1 aliphatic rings. The number of aromatic nitrogens is 6. The number of anilines is 2. The second kappa shape index (κ2) is 9.17. The van der Waals surface area contributed by atoms with Gasteiger partial charge in [-0.3, -0.25) is 4.90 Å². The van der Waals surface area contributed by atoms with E-state index < -0.39 is 0 Å². The molecular weight excluding hydrogens is 378 g/mol. The monoisotopic (exact) mass is 407 g/mol. The van der Waals surface area contributed by atoms with Crippen molar-refractivity contribution in [2.75, 3.05) is 43.4 Å². The van der Waals surface area contributed by atoms with Gasteiger partial charge < -0.3 is 10.2 Å². The molecule has 0 spiro atoms. The number of aromatic amines is 1. The first kappa shape index (κ1) is 20.2. The van der Waals surface area contributed by atoms with Gasteiger partial charge in [-0.1, -0.05) is 13.8 Å². The third-order valence-electron chi connectivity index (χ3n) is 5.39. The Morgan fingerprint density at radius 3 is 2.60 bits per heavy atom. The highest BCUT2D eigenvalue weighted by Crippen LogP contribution is 2.37. The van der Waals surface area contributed by atoms with E-state index in [-0.39, 0.29) is 0 Å². The van der Waals surface area contributed by atoms with Crippen molar-refractivity contribution in [1.82, 2.24) is 35.7 Å². The van der Waals surface area contributed by atoms with Crippen LogP contribution in [0.2, 0.25) is 0 Å². The van der Waals surface area contributed by atoms with Crippen molar-refractivity contribution in [2.24, 2.45) is 5.92 Å². The summed E-state index contributed by atoms with van der Waals surface area (Å²) in [6.45, 7) is 9.11. The van der Waals surface area contributed by atoms with Crippen LogP contribution in [0.25, 0.3) is 11.4 Å². The van der Waals surface area contributed by atoms with Gasteiger partial charge in [0.15, 0.2) is 0 Å². The smallest absolute Gasteiger partial charge is 0.208 e. The van der Waals surface area contributed by atoms with Crippen LogP contribution >= 0.6 is 0 Å². The second-order valence-corrected chi connectivity index (χ2v) is 8.10. The molecule has 2 aromatic heterocycles. The van der Waals surface area contributed by atoms with E-state index in [1.807, 2.05) is 19.2 Å². The number of H-pyrrole nitrogens is 1.